The van der Waals surface area contributed by atoms with Crippen LogP contribution in [-0.4, -0.2) is 0 Å². The first-order chi connectivity index (χ1) is 8.95. The smallest absolute Gasteiger partial charge is 1.00 e. The van der Waals surface area contributed by atoms with Crippen molar-refractivity contribution in [2.24, 2.45) is 11.8 Å². The molecular formula is C18H26Cl2Hf. The molecule has 0 aromatic rings. The third-order valence-electron chi connectivity index (χ3n) is 3.75. The van der Waals surface area contributed by atoms with Crippen LogP contribution in [0.25, 0.3) is 0 Å². The Morgan fingerprint density at radius 3 is 1.19 bits per heavy atom. The molecule has 0 saturated carbocycles. The molecule has 2 rings (SSSR count). The number of rotatable bonds is 6. The summed E-state index contributed by atoms with van der Waals surface area (Å²) in [4.78, 5) is 0. The van der Waals surface area contributed by atoms with E-state index >= 15 is 0 Å². The van der Waals surface area contributed by atoms with Gasteiger partial charge in [0.25, 0.3) is 0 Å². The van der Waals surface area contributed by atoms with E-state index in [1.54, 1.807) is 0 Å². The number of allylic oxidation sites excluding steroid dienone is 8. The van der Waals surface area contributed by atoms with Gasteiger partial charge in [0.2, 0.25) is 0 Å². The Kier molecular flexibility index (Phi) is 9.06. The molecule has 0 saturated heterocycles. The van der Waals surface area contributed by atoms with Gasteiger partial charge in [0, 0.05) is 0 Å². The van der Waals surface area contributed by atoms with E-state index in [0.29, 0.717) is 6.34 Å². The Hall–Kier alpha value is 0.410. The molecule has 0 aromatic heterocycles. The molecule has 2 aliphatic rings. The summed E-state index contributed by atoms with van der Waals surface area (Å²) in [5, 5.41) is 0. The number of hydrogen-bond acceptors (Lipinski definition) is 0. The quantitative estimate of drug-likeness (QED) is 0.449. The molecule has 0 N–H and O–H groups in total. The van der Waals surface area contributed by atoms with Crippen molar-refractivity contribution in [1.29, 1.82) is 0 Å². The second kappa shape index (κ2) is 8.89. The first-order valence-electron chi connectivity index (χ1n) is 7.49. The van der Waals surface area contributed by atoms with Crippen molar-refractivity contribution in [2.45, 2.75) is 46.9 Å². The zero-order chi connectivity index (χ0) is 13.9. The van der Waals surface area contributed by atoms with Crippen LogP contribution in [0.2, 0.25) is 6.34 Å². The third-order valence-corrected chi connectivity index (χ3v) is 11.0. The van der Waals surface area contributed by atoms with Gasteiger partial charge in [-0.1, -0.05) is 0 Å². The molecule has 0 atom stereocenters. The molecule has 21 heavy (non-hydrogen) atoms. The second-order valence-electron chi connectivity index (χ2n) is 6.84. The van der Waals surface area contributed by atoms with Gasteiger partial charge >= 0.3 is 130 Å². The second-order valence-corrected chi connectivity index (χ2v) is 14.4. The minimum absolute atomic E-state index is 0. The molecule has 0 radical (unpaired) electrons. The first-order valence-corrected chi connectivity index (χ1v) is 11.1. The largest absolute Gasteiger partial charge is 1.00 e. The van der Waals surface area contributed by atoms with Crippen LogP contribution >= 0.6 is 0 Å². The van der Waals surface area contributed by atoms with Crippen molar-refractivity contribution in [2.75, 3.05) is 0 Å². The third kappa shape index (κ3) is 5.84. The van der Waals surface area contributed by atoms with Crippen LogP contribution < -0.4 is 24.8 Å². The van der Waals surface area contributed by atoms with Crippen molar-refractivity contribution in [3.05, 3.63) is 48.6 Å². The van der Waals surface area contributed by atoms with Crippen LogP contribution in [0.4, 0.5) is 0 Å². The molecule has 0 spiro atoms. The van der Waals surface area contributed by atoms with Crippen LogP contribution in [0, 0.1) is 11.8 Å². The van der Waals surface area contributed by atoms with E-state index < -0.39 is 22.9 Å². The van der Waals surface area contributed by atoms with E-state index in [2.05, 4.69) is 76.3 Å². The zero-order valence-electron chi connectivity index (χ0n) is 13.4. The first kappa shape index (κ1) is 21.4. The summed E-state index contributed by atoms with van der Waals surface area (Å²) in [5.74, 6) is 1.57. The summed E-state index contributed by atoms with van der Waals surface area (Å²) in [5.41, 5.74) is 0. The van der Waals surface area contributed by atoms with Crippen molar-refractivity contribution in [3.8, 4) is 0 Å². The van der Waals surface area contributed by atoms with Crippen LogP contribution in [0.15, 0.2) is 48.6 Å². The summed E-state index contributed by atoms with van der Waals surface area (Å²) in [6.45, 7) is 9.45. The van der Waals surface area contributed by atoms with E-state index in [1.807, 2.05) is 0 Å². The molecule has 116 valence electrons. The predicted molar refractivity (Wildman–Crippen MR) is 80.9 cm³/mol. The van der Waals surface area contributed by atoms with Gasteiger partial charge < -0.3 is 24.8 Å². The molecule has 3 heteroatoms. The summed E-state index contributed by atoms with van der Waals surface area (Å²) in [6.07, 6.45) is 21.8. The molecule has 0 aliphatic heterocycles. The van der Waals surface area contributed by atoms with Crippen molar-refractivity contribution < 1.29 is 47.7 Å². The van der Waals surface area contributed by atoms with E-state index in [4.69, 9.17) is 0 Å². The van der Waals surface area contributed by atoms with Gasteiger partial charge in [-0.2, -0.15) is 0 Å². The zero-order valence-corrected chi connectivity index (χ0v) is 18.5. The minimum atomic E-state index is -0.883. The molecule has 0 fully saturated rings. The average molecular weight is 492 g/mol. The van der Waals surface area contributed by atoms with E-state index in [9.17, 15) is 0 Å². The van der Waals surface area contributed by atoms with Gasteiger partial charge in [0.1, 0.15) is 0 Å². The molecule has 0 nitrogen and oxygen atoms in total. The van der Waals surface area contributed by atoms with Gasteiger partial charge in [0.15, 0.2) is 0 Å². The van der Waals surface area contributed by atoms with Crippen molar-refractivity contribution in [3.63, 3.8) is 0 Å². The predicted octanol–water partition coefficient (Wildman–Crippen LogP) is -0.261. The molecular weight excluding hydrogens is 466 g/mol. The topological polar surface area (TPSA) is 0 Å². The Labute approximate surface area is 154 Å². The van der Waals surface area contributed by atoms with Crippen molar-refractivity contribution >= 4 is 0 Å². The molecule has 0 unspecified atom stereocenters. The number of halogens is 2. The SMILES string of the molecule is CC(C)C[C]1([Hf+2][C]2(CC(C)C)C=CC=C2)C=CC=C1.[Cl-].[Cl-]. The summed E-state index contributed by atoms with van der Waals surface area (Å²) in [7, 11) is 0. The van der Waals surface area contributed by atoms with Gasteiger partial charge in [0.05, 0.1) is 0 Å². The summed E-state index contributed by atoms with van der Waals surface area (Å²) < 4.78 is 0.921. The van der Waals surface area contributed by atoms with Crippen LogP contribution in [0.1, 0.15) is 40.5 Å². The minimum Gasteiger partial charge on any atom is -1.00 e. The standard InChI is InChI=1S/2C9H13.2ClH.Hf/c2*1-8(2)7-9-5-3-4-6-9;;;/h2*3-6,8H,7H2,1-2H3;2*1H;/q;;;;+2/p-2. The molecule has 0 heterocycles. The van der Waals surface area contributed by atoms with Crippen LogP contribution in [0.3, 0.4) is 0 Å². The van der Waals surface area contributed by atoms with Gasteiger partial charge in [-0.25, -0.2) is 0 Å². The maximum atomic E-state index is 2.51. The fourth-order valence-corrected chi connectivity index (χ4v) is 12.7. The Balaban J connectivity index is 0.00000200. The maximum Gasteiger partial charge on any atom is -1.00 e. The van der Waals surface area contributed by atoms with Gasteiger partial charge in [-0.3, -0.25) is 0 Å². The van der Waals surface area contributed by atoms with E-state index in [-0.39, 0.29) is 24.8 Å². The maximum absolute atomic E-state index is 2.51. The monoisotopic (exact) mass is 492 g/mol. The van der Waals surface area contributed by atoms with E-state index in [1.165, 1.54) is 12.8 Å². The van der Waals surface area contributed by atoms with Crippen LogP contribution in [0.5, 0.6) is 0 Å². The Morgan fingerprint density at radius 2 is 0.952 bits per heavy atom. The molecule has 0 aromatic carbocycles. The summed E-state index contributed by atoms with van der Waals surface area (Å²) in [6, 6.07) is 0. The van der Waals surface area contributed by atoms with Crippen molar-refractivity contribution in [1.82, 2.24) is 0 Å². The molecule has 2 aliphatic carbocycles. The summed E-state index contributed by atoms with van der Waals surface area (Å²) >= 11 is -0.883. The average Bonchev–Trinajstić information content (AvgIpc) is 2.87. The van der Waals surface area contributed by atoms with Gasteiger partial charge in [-0.05, 0) is 0 Å². The van der Waals surface area contributed by atoms with E-state index in [0.717, 1.165) is 11.8 Å². The molecule has 0 amide bonds. The fourth-order valence-electron chi connectivity index (χ4n) is 3.35. The Bertz CT molecular complexity index is 366. The fraction of sp³-hybridized carbons (Fsp3) is 0.556. The Morgan fingerprint density at radius 1 is 0.667 bits per heavy atom. The normalized spacial score (nSPS) is 19.7. The molecule has 0 bridgehead atoms. The van der Waals surface area contributed by atoms with Crippen LogP contribution in [-0.2, 0) is 22.9 Å². The number of hydrogen-bond donors (Lipinski definition) is 0. The van der Waals surface area contributed by atoms with Gasteiger partial charge in [-0.15, -0.1) is 0 Å².